The van der Waals surface area contributed by atoms with E-state index in [0.29, 0.717) is 22.6 Å². The fourth-order valence-corrected chi connectivity index (χ4v) is 4.02. The van der Waals surface area contributed by atoms with Crippen LogP contribution in [0, 0.1) is 6.92 Å². The summed E-state index contributed by atoms with van der Waals surface area (Å²) in [4.78, 5) is 34.0. The van der Waals surface area contributed by atoms with Gasteiger partial charge in [0.1, 0.15) is 5.75 Å². The molecule has 1 fully saturated rings. The number of carbonyl (C=O) groups is 2. The number of hydrogen-bond acceptors (Lipinski definition) is 6. The standard InChI is InChI=1S/C29H30F3N3O4/c1-5-38-27(37)28(3,4)39-23-13-6-18(14-17(23)2)15-34-26(36)22-16-33-25(35-24(22)19-7-8-19)20-9-11-21(12-10-20)29(30,31)32/h6,9-14,16,19H,5,7-8,15H2,1-4H3,(H,34,36). The van der Waals surface area contributed by atoms with Gasteiger partial charge in [-0.1, -0.05) is 24.3 Å². The lowest BCUT2D eigenvalue weighted by Gasteiger charge is -2.25. The summed E-state index contributed by atoms with van der Waals surface area (Å²) in [5.74, 6) is 0.130. The molecule has 7 nitrogen and oxygen atoms in total. The Morgan fingerprint density at radius 3 is 2.36 bits per heavy atom. The summed E-state index contributed by atoms with van der Waals surface area (Å²) in [5, 5.41) is 2.89. The first-order valence-electron chi connectivity index (χ1n) is 12.7. The van der Waals surface area contributed by atoms with Crippen molar-refractivity contribution >= 4 is 11.9 Å². The molecule has 1 aliphatic rings. The van der Waals surface area contributed by atoms with Crippen molar-refractivity contribution in [2.45, 2.75) is 64.8 Å². The van der Waals surface area contributed by atoms with Gasteiger partial charge in [0.15, 0.2) is 11.4 Å². The molecule has 0 spiro atoms. The van der Waals surface area contributed by atoms with E-state index in [1.54, 1.807) is 32.9 Å². The molecule has 0 radical (unpaired) electrons. The number of esters is 1. The molecule has 3 aromatic rings. The highest BCUT2D eigenvalue weighted by Crippen LogP contribution is 2.41. The summed E-state index contributed by atoms with van der Waals surface area (Å²) in [6.07, 6.45) is -1.23. The number of nitrogens with zero attached hydrogens (tertiary/aromatic N) is 2. The lowest BCUT2D eigenvalue weighted by Crippen LogP contribution is -2.39. The van der Waals surface area contributed by atoms with Gasteiger partial charge in [0.05, 0.1) is 23.4 Å². The zero-order valence-corrected chi connectivity index (χ0v) is 22.2. The van der Waals surface area contributed by atoms with Gasteiger partial charge in [-0.15, -0.1) is 0 Å². The van der Waals surface area contributed by atoms with Crippen LogP contribution in [-0.2, 0) is 22.3 Å². The molecule has 1 heterocycles. The maximum atomic E-state index is 13.1. The largest absolute Gasteiger partial charge is 0.476 e. The van der Waals surface area contributed by atoms with Crippen molar-refractivity contribution < 1.29 is 32.2 Å². The smallest absolute Gasteiger partial charge is 0.416 e. The van der Waals surface area contributed by atoms with Crippen molar-refractivity contribution in [2.75, 3.05) is 6.61 Å². The number of aryl methyl sites for hydroxylation is 1. The summed E-state index contributed by atoms with van der Waals surface area (Å²) < 4.78 is 49.7. The molecule has 0 aliphatic heterocycles. The minimum atomic E-state index is -4.42. The number of benzene rings is 2. The number of ether oxygens (including phenoxy) is 2. The Hall–Kier alpha value is -3.95. The SMILES string of the molecule is CCOC(=O)C(C)(C)Oc1ccc(CNC(=O)c2cnc(-c3ccc(C(F)(F)F)cc3)nc2C2CC2)cc1C. The fraction of sp³-hybridized carbons (Fsp3) is 0.379. The third-order valence-corrected chi connectivity index (χ3v) is 6.32. The van der Waals surface area contributed by atoms with Crippen molar-refractivity contribution in [1.29, 1.82) is 0 Å². The first kappa shape index (κ1) is 28.1. The van der Waals surface area contributed by atoms with E-state index in [-0.39, 0.29) is 30.8 Å². The van der Waals surface area contributed by atoms with E-state index < -0.39 is 23.3 Å². The summed E-state index contributed by atoms with van der Waals surface area (Å²) >= 11 is 0. The van der Waals surface area contributed by atoms with Crippen molar-refractivity contribution in [3.63, 3.8) is 0 Å². The molecule has 206 valence electrons. The van der Waals surface area contributed by atoms with Gasteiger partial charge in [-0.05, 0) is 69.9 Å². The van der Waals surface area contributed by atoms with Crippen LogP contribution < -0.4 is 10.1 Å². The second-order valence-electron chi connectivity index (χ2n) is 9.96. The predicted octanol–water partition coefficient (Wildman–Crippen LogP) is 6.00. The van der Waals surface area contributed by atoms with Crippen LogP contribution in [0.15, 0.2) is 48.7 Å². The van der Waals surface area contributed by atoms with Gasteiger partial charge >= 0.3 is 12.1 Å². The second kappa shape index (κ2) is 11.0. The number of carbonyl (C=O) groups excluding carboxylic acids is 2. The molecule has 0 atom stereocenters. The molecule has 1 aromatic heterocycles. The van der Waals surface area contributed by atoms with Gasteiger partial charge in [-0.3, -0.25) is 4.79 Å². The molecule has 1 N–H and O–H groups in total. The van der Waals surface area contributed by atoms with Gasteiger partial charge in [-0.25, -0.2) is 14.8 Å². The summed E-state index contributed by atoms with van der Waals surface area (Å²) in [6, 6.07) is 10.1. The van der Waals surface area contributed by atoms with Crippen LogP contribution in [-0.4, -0.2) is 34.1 Å². The highest BCUT2D eigenvalue weighted by molar-refractivity contribution is 5.95. The van der Waals surface area contributed by atoms with E-state index >= 15 is 0 Å². The van der Waals surface area contributed by atoms with E-state index in [4.69, 9.17) is 9.47 Å². The number of alkyl halides is 3. The molecule has 1 aliphatic carbocycles. The minimum absolute atomic E-state index is 0.114. The van der Waals surface area contributed by atoms with Gasteiger partial charge in [0, 0.05) is 24.2 Å². The molecule has 0 unspecified atom stereocenters. The Kier molecular flexibility index (Phi) is 7.94. The molecular formula is C29H30F3N3O4. The first-order chi connectivity index (χ1) is 18.4. The van der Waals surface area contributed by atoms with Crippen molar-refractivity contribution in [3.05, 3.63) is 76.6 Å². The molecule has 2 aromatic carbocycles. The maximum Gasteiger partial charge on any atom is 0.416 e. The van der Waals surface area contributed by atoms with E-state index in [2.05, 4.69) is 15.3 Å². The summed E-state index contributed by atoms with van der Waals surface area (Å²) in [5.41, 5.74) is 1.12. The predicted molar refractivity (Wildman–Crippen MR) is 138 cm³/mol. The Labute approximate surface area is 224 Å². The van der Waals surface area contributed by atoms with E-state index in [1.165, 1.54) is 18.3 Å². The fourth-order valence-electron chi connectivity index (χ4n) is 4.02. The normalized spacial score (nSPS) is 13.6. The Balaban J connectivity index is 1.45. The topological polar surface area (TPSA) is 90.4 Å². The average Bonchev–Trinajstić information content (AvgIpc) is 3.74. The third-order valence-electron chi connectivity index (χ3n) is 6.32. The molecule has 0 bridgehead atoms. The van der Waals surface area contributed by atoms with Crippen LogP contribution in [0.1, 0.15) is 72.3 Å². The van der Waals surface area contributed by atoms with Crippen molar-refractivity contribution in [1.82, 2.24) is 15.3 Å². The van der Waals surface area contributed by atoms with Gasteiger partial charge in [0.25, 0.3) is 5.91 Å². The number of halogens is 3. The molecular weight excluding hydrogens is 511 g/mol. The Morgan fingerprint density at radius 2 is 1.77 bits per heavy atom. The van der Waals surface area contributed by atoms with E-state index in [0.717, 1.165) is 36.1 Å². The van der Waals surface area contributed by atoms with Crippen LogP contribution >= 0.6 is 0 Å². The number of rotatable bonds is 9. The molecule has 39 heavy (non-hydrogen) atoms. The molecule has 1 saturated carbocycles. The first-order valence-corrected chi connectivity index (χ1v) is 12.7. The lowest BCUT2D eigenvalue weighted by atomic mass is 10.1. The monoisotopic (exact) mass is 541 g/mol. The van der Waals surface area contributed by atoms with Crippen LogP contribution in [0.3, 0.4) is 0 Å². The van der Waals surface area contributed by atoms with Crippen LogP contribution in [0.4, 0.5) is 13.2 Å². The number of aromatic nitrogens is 2. The molecule has 10 heteroatoms. The number of hydrogen-bond donors (Lipinski definition) is 1. The quantitative estimate of drug-likeness (QED) is 0.334. The Bertz CT molecular complexity index is 1370. The van der Waals surface area contributed by atoms with Crippen LogP contribution in [0.5, 0.6) is 5.75 Å². The second-order valence-corrected chi connectivity index (χ2v) is 9.96. The number of nitrogens with one attached hydrogen (secondary N) is 1. The Morgan fingerprint density at radius 1 is 1.08 bits per heavy atom. The van der Waals surface area contributed by atoms with E-state index in [1.807, 2.05) is 13.0 Å². The maximum absolute atomic E-state index is 13.1. The van der Waals surface area contributed by atoms with Gasteiger partial charge < -0.3 is 14.8 Å². The zero-order valence-electron chi connectivity index (χ0n) is 22.2. The molecule has 4 rings (SSSR count). The summed E-state index contributed by atoms with van der Waals surface area (Å²) in [6.45, 7) is 7.36. The van der Waals surface area contributed by atoms with Crippen LogP contribution in [0.2, 0.25) is 0 Å². The van der Waals surface area contributed by atoms with Gasteiger partial charge in [-0.2, -0.15) is 13.2 Å². The van der Waals surface area contributed by atoms with Crippen molar-refractivity contribution in [2.24, 2.45) is 0 Å². The molecule has 0 saturated heterocycles. The number of amides is 1. The minimum Gasteiger partial charge on any atom is -0.476 e. The van der Waals surface area contributed by atoms with Gasteiger partial charge in [0.2, 0.25) is 0 Å². The lowest BCUT2D eigenvalue weighted by molar-refractivity contribution is -0.158. The average molecular weight is 542 g/mol. The molecule has 1 amide bonds. The third kappa shape index (κ3) is 6.74. The summed E-state index contributed by atoms with van der Waals surface area (Å²) in [7, 11) is 0. The van der Waals surface area contributed by atoms with Crippen molar-refractivity contribution in [3.8, 4) is 17.1 Å². The van der Waals surface area contributed by atoms with Crippen LogP contribution in [0.25, 0.3) is 11.4 Å². The highest BCUT2D eigenvalue weighted by Gasteiger charge is 2.33. The van der Waals surface area contributed by atoms with E-state index in [9.17, 15) is 22.8 Å². The highest BCUT2D eigenvalue weighted by atomic mass is 19.4. The zero-order chi connectivity index (χ0) is 28.4.